The molecule has 0 bridgehead atoms. The standard InChI is InChI=1S/C20H20FN3O4S/c1-29(26,27)16-4-2-3-15(10-16)22-20(25)19-17-6-5-14(21)9-18(17)23-24(19)11-13-7-8-28-12-13/h2-6,9-10,13H,7-8,11-12H2,1H3,(H,22,25). The Labute approximate surface area is 167 Å². The number of benzene rings is 2. The average Bonchev–Trinajstić information content (AvgIpc) is 3.28. The monoisotopic (exact) mass is 417 g/mol. The summed E-state index contributed by atoms with van der Waals surface area (Å²) in [4.78, 5) is 13.2. The number of amides is 1. The van der Waals surface area contributed by atoms with Crippen LogP contribution in [0.15, 0.2) is 47.4 Å². The number of nitrogens with zero attached hydrogens (tertiary/aromatic N) is 2. The van der Waals surface area contributed by atoms with E-state index < -0.39 is 21.6 Å². The fourth-order valence-corrected chi connectivity index (χ4v) is 4.11. The van der Waals surface area contributed by atoms with Crippen LogP contribution >= 0.6 is 0 Å². The lowest BCUT2D eigenvalue weighted by molar-refractivity contribution is 0.101. The third kappa shape index (κ3) is 4.15. The third-order valence-corrected chi connectivity index (χ3v) is 6.00. The molecule has 1 atom stereocenters. The first-order valence-corrected chi connectivity index (χ1v) is 11.1. The molecule has 4 rings (SSSR count). The van der Waals surface area contributed by atoms with Gasteiger partial charge in [-0.25, -0.2) is 12.8 Å². The molecule has 0 saturated carbocycles. The zero-order valence-electron chi connectivity index (χ0n) is 15.8. The van der Waals surface area contributed by atoms with Crippen molar-refractivity contribution in [3.8, 4) is 0 Å². The van der Waals surface area contributed by atoms with Crippen molar-refractivity contribution in [3.63, 3.8) is 0 Å². The van der Waals surface area contributed by atoms with Gasteiger partial charge in [-0.3, -0.25) is 9.48 Å². The van der Waals surface area contributed by atoms with E-state index in [1.807, 2.05) is 0 Å². The number of anilines is 1. The molecule has 0 aliphatic carbocycles. The van der Waals surface area contributed by atoms with Crippen molar-refractivity contribution >= 4 is 32.3 Å². The fourth-order valence-electron chi connectivity index (χ4n) is 3.45. The van der Waals surface area contributed by atoms with Crippen molar-refractivity contribution in [1.82, 2.24) is 9.78 Å². The lowest BCUT2D eigenvalue weighted by Gasteiger charge is -2.12. The zero-order valence-corrected chi connectivity index (χ0v) is 16.6. The SMILES string of the molecule is CS(=O)(=O)c1cccc(NC(=O)c2c3ccc(F)cc3nn2CC2CCOC2)c1. The maximum atomic E-state index is 13.7. The molecule has 1 aliphatic heterocycles. The highest BCUT2D eigenvalue weighted by atomic mass is 32.2. The molecule has 2 aromatic carbocycles. The maximum Gasteiger partial charge on any atom is 0.274 e. The minimum absolute atomic E-state index is 0.110. The summed E-state index contributed by atoms with van der Waals surface area (Å²) in [5.74, 6) is -0.655. The molecule has 7 nitrogen and oxygen atoms in total. The molecule has 1 amide bonds. The second-order valence-electron chi connectivity index (χ2n) is 7.18. The number of hydrogen-bond donors (Lipinski definition) is 1. The predicted molar refractivity (Wildman–Crippen MR) is 106 cm³/mol. The summed E-state index contributed by atoms with van der Waals surface area (Å²) < 4.78 is 44.2. The molecule has 29 heavy (non-hydrogen) atoms. The fraction of sp³-hybridized carbons (Fsp3) is 0.300. The van der Waals surface area contributed by atoms with Gasteiger partial charge in [-0.2, -0.15) is 5.10 Å². The summed E-state index contributed by atoms with van der Waals surface area (Å²) in [5, 5.41) is 7.69. The van der Waals surface area contributed by atoms with E-state index in [4.69, 9.17) is 4.74 Å². The van der Waals surface area contributed by atoms with Crippen LogP contribution < -0.4 is 5.32 Å². The lowest BCUT2D eigenvalue weighted by atomic mass is 10.1. The number of rotatable bonds is 5. The number of aromatic nitrogens is 2. The number of hydrogen-bond acceptors (Lipinski definition) is 5. The highest BCUT2D eigenvalue weighted by molar-refractivity contribution is 7.90. The first kappa shape index (κ1) is 19.5. The van der Waals surface area contributed by atoms with Crippen molar-refractivity contribution in [2.24, 2.45) is 5.92 Å². The van der Waals surface area contributed by atoms with Crippen molar-refractivity contribution in [3.05, 3.63) is 54.0 Å². The number of ether oxygens (including phenoxy) is 1. The Bertz CT molecular complexity index is 1180. The Morgan fingerprint density at radius 2 is 2.14 bits per heavy atom. The van der Waals surface area contributed by atoms with Crippen LogP contribution in [-0.2, 0) is 21.1 Å². The molecule has 1 unspecified atom stereocenters. The van der Waals surface area contributed by atoms with E-state index in [0.717, 1.165) is 12.7 Å². The van der Waals surface area contributed by atoms with Crippen molar-refractivity contribution in [2.75, 3.05) is 24.8 Å². The summed E-state index contributed by atoms with van der Waals surface area (Å²) >= 11 is 0. The number of halogens is 1. The van der Waals surface area contributed by atoms with Gasteiger partial charge in [0.05, 0.1) is 17.0 Å². The first-order valence-electron chi connectivity index (χ1n) is 9.16. The minimum Gasteiger partial charge on any atom is -0.381 e. The summed E-state index contributed by atoms with van der Waals surface area (Å²) in [6.45, 7) is 1.73. The molecule has 1 aliphatic rings. The molecule has 0 spiro atoms. The van der Waals surface area contributed by atoms with Crippen molar-refractivity contribution < 1.29 is 22.3 Å². The van der Waals surface area contributed by atoms with E-state index in [2.05, 4.69) is 10.4 Å². The van der Waals surface area contributed by atoms with E-state index in [0.29, 0.717) is 42.0 Å². The van der Waals surface area contributed by atoms with Gasteiger partial charge >= 0.3 is 0 Å². The van der Waals surface area contributed by atoms with Gasteiger partial charge in [0.25, 0.3) is 5.91 Å². The molecule has 9 heteroatoms. The Morgan fingerprint density at radius 3 is 2.86 bits per heavy atom. The van der Waals surface area contributed by atoms with Crippen LogP contribution in [0, 0.1) is 11.7 Å². The molecule has 0 radical (unpaired) electrons. The molecule has 2 heterocycles. The Hall–Kier alpha value is -2.78. The number of nitrogens with one attached hydrogen (secondary N) is 1. The lowest BCUT2D eigenvalue weighted by Crippen LogP contribution is -2.21. The van der Waals surface area contributed by atoms with Crippen LogP contribution in [0.2, 0.25) is 0 Å². The highest BCUT2D eigenvalue weighted by Gasteiger charge is 2.24. The Kier molecular flexibility index (Phi) is 5.10. The van der Waals surface area contributed by atoms with Gasteiger partial charge in [0.15, 0.2) is 9.84 Å². The van der Waals surface area contributed by atoms with Gasteiger partial charge in [-0.15, -0.1) is 0 Å². The summed E-state index contributed by atoms with van der Waals surface area (Å²) in [5.41, 5.74) is 1.04. The Morgan fingerprint density at radius 1 is 1.31 bits per heavy atom. The van der Waals surface area contributed by atoms with Gasteiger partial charge in [0, 0.05) is 42.5 Å². The highest BCUT2D eigenvalue weighted by Crippen LogP contribution is 2.24. The topological polar surface area (TPSA) is 90.3 Å². The molecule has 1 fully saturated rings. The summed E-state index contributed by atoms with van der Waals surface area (Å²) in [6.07, 6.45) is 1.97. The van der Waals surface area contributed by atoms with Crippen LogP contribution in [0.5, 0.6) is 0 Å². The van der Waals surface area contributed by atoms with Crippen molar-refractivity contribution in [2.45, 2.75) is 17.9 Å². The van der Waals surface area contributed by atoms with E-state index in [1.165, 1.54) is 30.3 Å². The quantitative estimate of drug-likeness (QED) is 0.689. The van der Waals surface area contributed by atoms with Crippen LogP contribution in [0.4, 0.5) is 10.1 Å². The zero-order chi connectivity index (χ0) is 20.6. The third-order valence-electron chi connectivity index (χ3n) is 4.89. The second-order valence-corrected chi connectivity index (χ2v) is 9.19. The van der Waals surface area contributed by atoms with Gasteiger partial charge in [0.1, 0.15) is 11.5 Å². The predicted octanol–water partition coefficient (Wildman–Crippen LogP) is 2.87. The van der Waals surface area contributed by atoms with E-state index in [-0.39, 0.29) is 10.8 Å². The van der Waals surface area contributed by atoms with Crippen LogP contribution in [-0.4, -0.2) is 43.6 Å². The average molecular weight is 417 g/mol. The molecule has 1 N–H and O–H groups in total. The first-order chi connectivity index (χ1) is 13.8. The summed E-state index contributed by atoms with van der Waals surface area (Å²) in [7, 11) is -3.40. The van der Waals surface area contributed by atoms with Gasteiger partial charge in [-0.1, -0.05) is 6.07 Å². The smallest absolute Gasteiger partial charge is 0.274 e. The minimum atomic E-state index is -3.40. The van der Waals surface area contributed by atoms with Crippen LogP contribution in [0.3, 0.4) is 0 Å². The number of carbonyl (C=O) groups excluding carboxylic acids is 1. The normalized spacial score (nSPS) is 17.0. The largest absolute Gasteiger partial charge is 0.381 e. The molecule has 1 saturated heterocycles. The number of sulfone groups is 1. The van der Waals surface area contributed by atoms with E-state index >= 15 is 0 Å². The van der Waals surface area contributed by atoms with Crippen LogP contribution in [0.1, 0.15) is 16.9 Å². The van der Waals surface area contributed by atoms with Gasteiger partial charge in [0.2, 0.25) is 0 Å². The molecule has 3 aromatic rings. The van der Waals surface area contributed by atoms with Crippen molar-refractivity contribution in [1.29, 1.82) is 0 Å². The molecular weight excluding hydrogens is 397 g/mol. The van der Waals surface area contributed by atoms with Gasteiger partial charge < -0.3 is 10.1 Å². The number of carbonyl (C=O) groups is 1. The molecule has 152 valence electrons. The second kappa shape index (κ2) is 7.57. The van der Waals surface area contributed by atoms with Crippen LogP contribution in [0.25, 0.3) is 10.9 Å². The number of fused-ring (bicyclic) bond motifs is 1. The molecular formula is C20H20FN3O4S. The van der Waals surface area contributed by atoms with E-state index in [1.54, 1.807) is 16.8 Å². The van der Waals surface area contributed by atoms with Gasteiger partial charge in [-0.05, 0) is 36.8 Å². The maximum absolute atomic E-state index is 13.7. The van der Waals surface area contributed by atoms with E-state index in [9.17, 15) is 17.6 Å². The summed E-state index contributed by atoms with van der Waals surface area (Å²) in [6, 6.07) is 10.1. The molecule has 1 aromatic heterocycles. The Balaban J connectivity index is 1.70.